The van der Waals surface area contributed by atoms with Gasteiger partial charge in [-0.3, -0.25) is 19.4 Å². The van der Waals surface area contributed by atoms with Crippen LogP contribution < -0.4 is 10.6 Å². The summed E-state index contributed by atoms with van der Waals surface area (Å²) in [5, 5.41) is 25.3. The van der Waals surface area contributed by atoms with Gasteiger partial charge in [-0.2, -0.15) is 4.39 Å². The Hall–Kier alpha value is -4.74. The van der Waals surface area contributed by atoms with Crippen molar-refractivity contribution in [2.45, 2.75) is 39.3 Å². The smallest absolute Gasteiger partial charge is 0.337 e. The Morgan fingerprint density at radius 1 is 1.00 bits per heavy atom. The van der Waals surface area contributed by atoms with Crippen molar-refractivity contribution in [3.63, 3.8) is 0 Å². The van der Waals surface area contributed by atoms with Gasteiger partial charge in [0.2, 0.25) is 17.7 Å². The van der Waals surface area contributed by atoms with E-state index in [0.717, 1.165) is 12.3 Å². The second-order valence-corrected chi connectivity index (χ2v) is 9.19. The van der Waals surface area contributed by atoms with E-state index in [2.05, 4.69) is 20.6 Å². The third kappa shape index (κ3) is 6.78. The van der Waals surface area contributed by atoms with E-state index in [-0.39, 0.29) is 34.6 Å². The van der Waals surface area contributed by atoms with Crippen molar-refractivity contribution in [3.8, 4) is 11.8 Å². The summed E-state index contributed by atoms with van der Waals surface area (Å²) in [6.45, 7) is 4.86. The van der Waals surface area contributed by atoms with E-state index in [0.29, 0.717) is 5.56 Å². The Bertz CT molecular complexity index is 1370. The van der Waals surface area contributed by atoms with Crippen molar-refractivity contribution in [1.29, 1.82) is 0 Å². The third-order valence-electron chi connectivity index (χ3n) is 6.13. The number of hydrogen-bond acceptors (Lipinski definition) is 8. The maximum Gasteiger partial charge on any atom is 0.337 e. The van der Waals surface area contributed by atoms with Crippen molar-refractivity contribution < 1.29 is 38.5 Å². The van der Waals surface area contributed by atoms with Crippen molar-refractivity contribution in [1.82, 2.24) is 20.6 Å². The van der Waals surface area contributed by atoms with Crippen LogP contribution in [0, 0.1) is 18.8 Å². The highest BCUT2D eigenvalue weighted by atomic mass is 19.1. The predicted octanol–water partition coefficient (Wildman–Crippen LogP) is 2.94. The molecule has 0 fully saturated rings. The van der Waals surface area contributed by atoms with Crippen LogP contribution in [-0.2, 0) is 9.53 Å². The number of Topliss-reactive ketones (excluding diaryl/α,β-unsaturated/α-hetero) is 1. The summed E-state index contributed by atoms with van der Waals surface area (Å²) < 4.78 is 17.9. The maximum absolute atomic E-state index is 13.2. The Balaban J connectivity index is 1.86. The third-order valence-corrected chi connectivity index (χ3v) is 6.13. The fourth-order valence-electron chi connectivity index (χ4n) is 3.95. The Morgan fingerprint density at radius 2 is 1.64 bits per heavy atom. The van der Waals surface area contributed by atoms with Gasteiger partial charge in [0, 0.05) is 11.8 Å². The monoisotopic (exact) mass is 540 g/mol. The molecule has 11 nitrogen and oxygen atoms in total. The molecule has 2 aromatic heterocycles. The molecule has 0 aliphatic rings. The molecule has 0 spiro atoms. The van der Waals surface area contributed by atoms with Crippen molar-refractivity contribution >= 4 is 23.6 Å². The number of ether oxygens (including phenoxy) is 1. The number of carbonyl (C=O) groups excluding carboxylic acids is 4. The summed E-state index contributed by atoms with van der Waals surface area (Å²) >= 11 is 0. The summed E-state index contributed by atoms with van der Waals surface area (Å²) in [5.74, 6) is -4.43. The molecule has 0 aliphatic heterocycles. The SMILES string of the molecule is COC(=O)c1ccc(C(CC(=O)N[C@@H](C(=O)c2c(O)[nH]c(O)c2C)C(C)C)NC(=O)c2ccc(F)nc2)cc1. The number of rotatable bonds is 10. The number of nitrogens with one attached hydrogen (secondary N) is 3. The summed E-state index contributed by atoms with van der Waals surface area (Å²) in [5.41, 5.74) is 0.785. The Morgan fingerprint density at radius 3 is 2.15 bits per heavy atom. The van der Waals surface area contributed by atoms with E-state index in [1.807, 2.05) is 0 Å². The van der Waals surface area contributed by atoms with Gasteiger partial charge in [-0.1, -0.05) is 26.0 Å². The van der Waals surface area contributed by atoms with Gasteiger partial charge >= 0.3 is 5.97 Å². The molecule has 2 heterocycles. The number of pyridine rings is 1. The first kappa shape index (κ1) is 28.8. The molecule has 5 N–H and O–H groups in total. The number of H-pyrrole nitrogens is 1. The molecule has 0 radical (unpaired) electrons. The summed E-state index contributed by atoms with van der Waals surface area (Å²) in [7, 11) is 1.24. The van der Waals surface area contributed by atoms with Gasteiger partial charge in [0.25, 0.3) is 5.91 Å². The van der Waals surface area contributed by atoms with E-state index in [9.17, 15) is 33.8 Å². The van der Waals surface area contributed by atoms with Crippen LogP contribution >= 0.6 is 0 Å². The lowest BCUT2D eigenvalue weighted by molar-refractivity contribution is -0.122. The highest BCUT2D eigenvalue weighted by molar-refractivity contribution is 6.05. The standard InChI is InChI=1S/C27H29FN4O7/c1-13(2)22(23(34)21-14(3)24(35)32-26(21)37)31-20(33)11-18(15-5-7-16(8-6-15)27(38)39-4)30-25(36)17-9-10-19(28)29-12-17/h5-10,12-13,18,22,32,35,37H,11H2,1-4H3,(H,30,36)(H,31,33)/t18?,22-/m1/s1. The number of halogens is 1. The average Bonchev–Trinajstić information content (AvgIpc) is 3.16. The largest absolute Gasteiger partial charge is 0.494 e. The van der Waals surface area contributed by atoms with Gasteiger partial charge < -0.3 is 25.6 Å². The van der Waals surface area contributed by atoms with Gasteiger partial charge in [0.05, 0.1) is 42.3 Å². The molecule has 3 rings (SSSR count). The average molecular weight is 541 g/mol. The van der Waals surface area contributed by atoms with Gasteiger partial charge in [0.15, 0.2) is 11.7 Å². The number of benzene rings is 1. The van der Waals surface area contributed by atoms with Crippen LogP contribution in [0.5, 0.6) is 11.8 Å². The first-order valence-electron chi connectivity index (χ1n) is 12.0. The fourth-order valence-corrected chi connectivity index (χ4v) is 3.95. The highest BCUT2D eigenvalue weighted by Gasteiger charge is 2.31. The number of nitrogens with zero attached hydrogens (tertiary/aromatic N) is 1. The summed E-state index contributed by atoms with van der Waals surface area (Å²) in [6.07, 6.45) is 0.745. The molecule has 0 saturated carbocycles. The lowest BCUT2D eigenvalue weighted by Gasteiger charge is -2.24. The van der Waals surface area contributed by atoms with Crippen LogP contribution in [0.4, 0.5) is 4.39 Å². The zero-order valence-electron chi connectivity index (χ0n) is 21.7. The number of esters is 1. The van der Waals surface area contributed by atoms with Crippen LogP contribution in [0.3, 0.4) is 0 Å². The molecule has 1 unspecified atom stereocenters. The fraction of sp³-hybridized carbons (Fsp3) is 0.296. The van der Waals surface area contributed by atoms with Crippen LogP contribution in [0.2, 0.25) is 0 Å². The predicted molar refractivity (Wildman–Crippen MR) is 137 cm³/mol. The zero-order chi connectivity index (χ0) is 28.9. The molecule has 2 amide bonds. The minimum Gasteiger partial charge on any atom is -0.494 e. The molecule has 0 saturated heterocycles. The topological polar surface area (TPSA) is 171 Å². The number of ketones is 1. The van der Waals surface area contributed by atoms with E-state index in [4.69, 9.17) is 4.74 Å². The van der Waals surface area contributed by atoms with Gasteiger partial charge in [0.1, 0.15) is 0 Å². The normalized spacial score (nSPS) is 12.5. The number of methoxy groups -OCH3 is 1. The molecule has 12 heteroatoms. The van der Waals surface area contributed by atoms with E-state index < -0.39 is 53.4 Å². The molecular weight excluding hydrogens is 511 g/mol. The number of aromatic hydroxyl groups is 2. The molecule has 1 aromatic carbocycles. The van der Waals surface area contributed by atoms with Gasteiger partial charge in [-0.25, -0.2) is 9.78 Å². The van der Waals surface area contributed by atoms with Crippen molar-refractivity contribution in [2.24, 2.45) is 5.92 Å². The van der Waals surface area contributed by atoms with Crippen LogP contribution in [0.25, 0.3) is 0 Å². The first-order chi connectivity index (χ1) is 18.4. The van der Waals surface area contributed by atoms with E-state index in [1.165, 1.54) is 32.2 Å². The number of aromatic amines is 1. The Kier molecular flexibility index (Phi) is 9.02. The number of hydrogen-bond donors (Lipinski definition) is 5. The Labute approximate surface area is 223 Å². The maximum atomic E-state index is 13.2. The summed E-state index contributed by atoms with van der Waals surface area (Å²) in [6, 6.07) is 6.33. The lowest BCUT2D eigenvalue weighted by Crippen LogP contribution is -2.45. The quantitative estimate of drug-likeness (QED) is 0.148. The van der Waals surface area contributed by atoms with E-state index >= 15 is 0 Å². The zero-order valence-corrected chi connectivity index (χ0v) is 21.7. The highest BCUT2D eigenvalue weighted by Crippen LogP contribution is 2.30. The molecule has 0 bridgehead atoms. The van der Waals surface area contributed by atoms with Crippen LogP contribution in [0.1, 0.15) is 68.5 Å². The van der Waals surface area contributed by atoms with Crippen molar-refractivity contribution in [3.05, 3.63) is 76.4 Å². The molecule has 0 aliphatic carbocycles. The van der Waals surface area contributed by atoms with Crippen LogP contribution in [-0.4, -0.2) is 56.9 Å². The summed E-state index contributed by atoms with van der Waals surface area (Å²) in [4.78, 5) is 56.8. The minimum atomic E-state index is -1.06. The van der Waals surface area contributed by atoms with E-state index in [1.54, 1.807) is 26.0 Å². The minimum absolute atomic E-state index is 0.0569. The molecule has 2 atom stereocenters. The van der Waals surface area contributed by atoms with Crippen molar-refractivity contribution in [2.75, 3.05) is 7.11 Å². The van der Waals surface area contributed by atoms with Gasteiger partial charge in [-0.15, -0.1) is 0 Å². The first-order valence-corrected chi connectivity index (χ1v) is 12.0. The molecule has 39 heavy (non-hydrogen) atoms. The second-order valence-electron chi connectivity index (χ2n) is 9.19. The van der Waals surface area contributed by atoms with Gasteiger partial charge in [-0.05, 0) is 42.7 Å². The molecular formula is C27H29FN4O7. The lowest BCUT2D eigenvalue weighted by atomic mass is 9.93. The number of amides is 2. The van der Waals surface area contributed by atoms with Crippen LogP contribution in [0.15, 0.2) is 42.6 Å². The second kappa shape index (κ2) is 12.2. The molecule has 3 aromatic rings. The number of carbonyl (C=O) groups is 4. The molecule has 206 valence electrons. The number of aromatic nitrogens is 2.